The second kappa shape index (κ2) is 12.1. The number of hydrogen-bond donors (Lipinski definition) is 1. The molecule has 0 spiro atoms. The van der Waals surface area contributed by atoms with Crippen LogP contribution in [0.1, 0.15) is 52.5 Å². The van der Waals surface area contributed by atoms with Gasteiger partial charge in [-0.1, -0.05) is 58.0 Å². The fraction of sp³-hybridized carbons (Fsp3) is 0.556. The van der Waals surface area contributed by atoms with Crippen LogP contribution >= 0.6 is 0 Å². The molecular weight excluding hydrogens is 262 g/mol. The Balaban J connectivity index is 0.000000423. The van der Waals surface area contributed by atoms with Gasteiger partial charge in [-0.15, -0.1) is 0 Å². The predicted molar refractivity (Wildman–Crippen MR) is 88.2 cm³/mol. The molecule has 0 aliphatic rings. The number of benzene rings is 1. The van der Waals surface area contributed by atoms with Crippen molar-refractivity contribution in [2.75, 3.05) is 0 Å². The quantitative estimate of drug-likeness (QED) is 0.777. The number of hydrogen-bond acceptors (Lipinski definition) is 2. The first kappa shape index (κ1) is 19.4. The van der Waals surface area contributed by atoms with Gasteiger partial charge in [0.1, 0.15) is 6.29 Å². The van der Waals surface area contributed by atoms with Gasteiger partial charge >= 0.3 is 0 Å². The lowest BCUT2D eigenvalue weighted by Crippen LogP contribution is -2.36. The first-order valence-corrected chi connectivity index (χ1v) is 7.82. The summed E-state index contributed by atoms with van der Waals surface area (Å²) in [5.74, 6) is 0.400. The van der Waals surface area contributed by atoms with Gasteiger partial charge in [0.05, 0.1) is 6.04 Å². The Morgan fingerprint density at radius 1 is 1.19 bits per heavy atom. The van der Waals surface area contributed by atoms with E-state index in [4.69, 9.17) is 0 Å². The Morgan fingerprint density at radius 3 is 2.19 bits per heavy atom. The third-order valence-corrected chi connectivity index (χ3v) is 2.96. The average Bonchev–Trinajstić information content (AvgIpc) is 2.47. The van der Waals surface area contributed by atoms with Crippen LogP contribution in [-0.2, 0) is 16.0 Å². The van der Waals surface area contributed by atoms with E-state index in [2.05, 4.69) is 36.5 Å². The van der Waals surface area contributed by atoms with E-state index in [0.29, 0.717) is 12.3 Å². The smallest absolute Gasteiger partial charge is 0.220 e. The molecule has 3 nitrogen and oxygen atoms in total. The van der Waals surface area contributed by atoms with Crippen LogP contribution in [0, 0.1) is 5.92 Å². The van der Waals surface area contributed by atoms with Crippen LogP contribution in [-0.4, -0.2) is 18.2 Å². The molecule has 0 saturated heterocycles. The summed E-state index contributed by atoms with van der Waals surface area (Å²) >= 11 is 0. The molecule has 0 radical (unpaired) electrons. The molecule has 0 saturated carbocycles. The maximum atomic E-state index is 11.1. The molecule has 118 valence electrons. The average molecular weight is 291 g/mol. The van der Waals surface area contributed by atoms with Gasteiger partial charge < -0.3 is 10.1 Å². The van der Waals surface area contributed by atoms with Crippen molar-refractivity contribution in [3.05, 3.63) is 35.9 Å². The van der Waals surface area contributed by atoms with Crippen LogP contribution in [0.25, 0.3) is 0 Å². The first-order chi connectivity index (χ1) is 10.0. The van der Waals surface area contributed by atoms with Gasteiger partial charge in [0, 0.05) is 6.42 Å². The lowest BCUT2D eigenvalue weighted by molar-refractivity contribution is -0.124. The summed E-state index contributed by atoms with van der Waals surface area (Å²) in [6.45, 7) is 8.16. The van der Waals surface area contributed by atoms with E-state index in [1.807, 2.05) is 26.8 Å². The van der Waals surface area contributed by atoms with Crippen LogP contribution < -0.4 is 5.32 Å². The molecule has 1 rings (SSSR count). The van der Waals surface area contributed by atoms with Gasteiger partial charge in [-0.2, -0.15) is 0 Å². The molecule has 1 unspecified atom stereocenters. The Labute approximate surface area is 129 Å². The van der Waals surface area contributed by atoms with Crippen molar-refractivity contribution in [2.45, 2.75) is 59.4 Å². The molecule has 1 amide bonds. The Hall–Kier alpha value is -1.64. The number of nitrogens with one attached hydrogen (secondary N) is 1. The fourth-order valence-electron chi connectivity index (χ4n) is 1.88. The zero-order valence-electron chi connectivity index (χ0n) is 13.8. The van der Waals surface area contributed by atoms with Crippen LogP contribution in [0.15, 0.2) is 30.3 Å². The molecule has 1 atom stereocenters. The van der Waals surface area contributed by atoms with E-state index in [1.165, 1.54) is 5.56 Å². The highest BCUT2D eigenvalue weighted by atomic mass is 16.2. The van der Waals surface area contributed by atoms with Crippen molar-refractivity contribution in [3.8, 4) is 0 Å². The summed E-state index contributed by atoms with van der Waals surface area (Å²) in [6, 6.07) is 10.1. The Bertz CT molecular complexity index is 387. The summed E-state index contributed by atoms with van der Waals surface area (Å²) in [4.78, 5) is 21.7. The second-order valence-electron chi connectivity index (χ2n) is 5.53. The fourth-order valence-corrected chi connectivity index (χ4v) is 1.88. The SMILES string of the molecule is CCCC(=O)NC(C=O)CC(C)C.CCc1ccccc1. The van der Waals surface area contributed by atoms with Crippen molar-refractivity contribution < 1.29 is 9.59 Å². The molecule has 0 aliphatic carbocycles. The van der Waals surface area contributed by atoms with E-state index in [0.717, 1.165) is 25.5 Å². The number of carbonyl (C=O) groups is 2. The van der Waals surface area contributed by atoms with E-state index < -0.39 is 0 Å². The highest BCUT2D eigenvalue weighted by molar-refractivity contribution is 5.79. The molecule has 0 aromatic heterocycles. The minimum absolute atomic E-state index is 0.0275. The second-order valence-corrected chi connectivity index (χ2v) is 5.53. The Kier molecular flexibility index (Phi) is 11.2. The number of aldehydes is 1. The standard InChI is InChI=1S/C10H19NO2.C8H10/c1-4-5-10(13)11-9(7-12)6-8(2)3;1-2-8-6-4-3-5-7-8/h7-9H,4-6H2,1-3H3,(H,11,13);3-7H,2H2,1H3. The van der Waals surface area contributed by atoms with Crippen molar-refractivity contribution in [2.24, 2.45) is 5.92 Å². The largest absolute Gasteiger partial charge is 0.347 e. The molecular formula is C18H29NO2. The minimum Gasteiger partial charge on any atom is -0.347 e. The van der Waals surface area contributed by atoms with Crippen LogP contribution in [0.2, 0.25) is 0 Å². The Morgan fingerprint density at radius 2 is 1.81 bits per heavy atom. The van der Waals surface area contributed by atoms with Gasteiger partial charge in [0.25, 0.3) is 0 Å². The highest BCUT2D eigenvalue weighted by Crippen LogP contribution is 2.03. The maximum Gasteiger partial charge on any atom is 0.220 e. The van der Waals surface area contributed by atoms with Gasteiger partial charge in [-0.3, -0.25) is 4.79 Å². The summed E-state index contributed by atoms with van der Waals surface area (Å²) in [5.41, 5.74) is 1.41. The van der Waals surface area contributed by atoms with Crippen LogP contribution in [0.5, 0.6) is 0 Å². The van der Waals surface area contributed by atoms with E-state index in [9.17, 15) is 9.59 Å². The third kappa shape index (κ3) is 10.8. The number of carbonyl (C=O) groups excluding carboxylic acids is 2. The molecule has 1 aromatic rings. The number of aryl methyl sites for hydroxylation is 1. The zero-order chi connectivity index (χ0) is 16.1. The van der Waals surface area contributed by atoms with Crippen molar-refractivity contribution in [3.63, 3.8) is 0 Å². The third-order valence-electron chi connectivity index (χ3n) is 2.96. The maximum absolute atomic E-state index is 11.1. The molecule has 0 bridgehead atoms. The molecule has 0 aliphatic heterocycles. The number of amides is 1. The van der Waals surface area contributed by atoms with Crippen molar-refractivity contribution in [1.29, 1.82) is 0 Å². The summed E-state index contributed by atoms with van der Waals surface area (Å²) in [5, 5.41) is 2.69. The number of rotatable bonds is 7. The predicted octanol–water partition coefficient (Wildman–Crippen LogP) is 3.77. The van der Waals surface area contributed by atoms with Gasteiger partial charge in [-0.05, 0) is 30.7 Å². The minimum atomic E-state index is -0.306. The molecule has 1 N–H and O–H groups in total. The van der Waals surface area contributed by atoms with Gasteiger partial charge in [0.2, 0.25) is 5.91 Å². The topological polar surface area (TPSA) is 46.2 Å². The summed E-state index contributed by atoms with van der Waals surface area (Å²) < 4.78 is 0. The van der Waals surface area contributed by atoms with Gasteiger partial charge in [0.15, 0.2) is 0 Å². The van der Waals surface area contributed by atoms with Crippen LogP contribution in [0.4, 0.5) is 0 Å². The first-order valence-electron chi connectivity index (χ1n) is 7.82. The highest BCUT2D eigenvalue weighted by Gasteiger charge is 2.11. The molecule has 0 fully saturated rings. The molecule has 0 heterocycles. The zero-order valence-corrected chi connectivity index (χ0v) is 13.8. The van der Waals surface area contributed by atoms with E-state index in [1.54, 1.807) is 0 Å². The lowest BCUT2D eigenvalue weighted by atomic mass is 10.0. The van der Waals surface area contributed by atoms with Crippen LogP contribution in [0.3, 0.4) is 0 Å². The summed E-state index contributed by atoms with van der Waals surface area (Å²) in [7, 11) is 0. The molecule has 3 heteroatoms. The van der Waals surface area contributed by atoms with Crippen molar-refractivity contribution in [1.82, 2.24) is 5.32 Å². The lowest BCUT2D eigenvalue weighted by Gasteiger charge is -2.14. The molecule has 21 heavy (non-hydrogen) atoms. The van der Waals surface area contributed by atoms with E-state index >= 15 is 0 Å². The van der Waals surface area contributed by atoms with E-state index in [-0.39, 0.29) is 11.9 Å². The van der Waals surface area contributed by atoms with Crippen molar-refractivity contribution >= 4 is 12.2 Å². The normalized spacial score (nSPS) is 11.3. The summed E-state index contributed by atoms with van der Waals surface area (Å²) in [6.07, 6.45) is 3.99. The molecule has 1 aromatic carbocycles. The van der Waals surface area contributed by atoms with Gasteiger partial charge in [-0.25, -0.2) is 0 Å². The monoisotopic (exact) mass is 291 g/mol.